The first-order valence-electron chi connectivity index (χ1n) is 17.0. The number of rotatable bonds is 7. The summed E-state index contributed by atoms with van der Waals surface area (Å²) in [4.78, 5) is 35.1. The molecule has 1 N–H and O–H groups in total. The van der Waals surface area contributed by atoms with E-state index in [0.29, 0.717) is 19.5 Å². The summed E-state index contributed by atoms with van der Waals surface area (Å²) in [7, 11) is 1.66. The normalized spacial score (nSPS) is 19.3. The predicted octanol–water partition coefficient (Wildman–Crippen LogP) is 7.25. The zero-order chi connectivity index (χ0) is 33.3. The molecule has 0 aromatic heterocycles. The Bertz CT molecular complexity index is 1770. The number of anilines is 2. The van der Waals surface area contributed by atoms with Gasteiger partial charge in [-0.15, -0.1) is 0 Å². The lowest BCUT2D eigenvalue weighted by atomic mass is 9.73. The number of nitrogens with zero attached hydrogens (tertiary/aromatic N) is 3. The van der Waals surface area contributed by atoms with E-state index in [2.05, 4.69) is 95.7 Å². The van der Waals surface area contributed by atoms with Crippen molar-refractivity contribution in [2.24, 2.45) is 5.41 Å². The van der Waals surface area contributed by atoms with Crippen LogP contribution in [0.4, 0.5) is 11.4 Å². The lowest BCUT2D eigenvalue weighted by Gasteiger charge is -2.41. The number of amides is 1. The lowest BCUT2D eigenvalue weighted by molar-refractivity contribution is -0.131. The highest BCUT2D eigenvalue weighted by molar-refractivity contribution is 6.02. The van der Waals surface area contributed by atoms with Crippen molar-refractivity contribution in [1.29, 1.82) is 0 Å². The van der Waals surface area contributed by atoms with Crippen LogP contribution in [0.25, 0.3) is 0 Å². The van der Waals surface area contributed by atoms with E-state index in [1.54, 1.807) is 7.11 Å². The summed E-state index contributed by atoms with van der Waals surface area (Å²) in [5.74, 6) is 0.895. The van der Waals surface area contributed by atoms with Crippen LogP contribution in [0.3, 0.4) is 0 Å². The van der Waals surface area contributed by atoms with Gasteiger partial charge in [-0.05, 0) is 52.8 Å². The van der Waals surface area contributed by atoms with E-state index in [1.807, 2.05) is 47.4 Å². The third-order valence-corrected chi connectivity index (χ3v) is 9.98. The fraction of sp³-hybridized carbons (Fsp3) is 0.317. The van der Waals surface area contributed by atoms with Crippen LogP contribution in [-0.2, 0) is 9.59 Å². The molecule has 246 valence electrons. The summed E-state index contributed by atoms with van der Waals surface area (Å²) in [5.41, 5.74) is 6.76. The van der Waals surface area contributed by atoms with Crippen LogP contribution in [0.5, 0.6) is 5.75 Å². The summed E-state index contributed by atoms with van der Waals surface area (Å²) in [5, 5.41) is 3.66. The summed E-state index contributed by atoms with van der Waals surface area (Å²) in [6.45, 7) is 7.24. The second kappa shape index (κ2) is 13.3. The quantitative estimate of drug-likeness (QED) is 0.230. The predicted molar refractivity (Wildman–Crippen MR) is 191 cm³/mol. The van der Waals surface area contributed by atoms with Gasteiger partial charge in [-0.3, -0.25) is 14.5 Å². The molecule has 0 saturated carbocycles. The van der Waals surface area contributed by atoms with E-state index in [0.717, 1.165) is 53.5 Å². The molecule has 7 nitrogen and oxygen atoms in total. The number of hydrogen-bond acceptors (Lipinski definition) is 6. The SMILES string of the molecule is COc1cccc(C2C3=C(CC(C)(C)CC3=O)Nc3ccccc3N2CC(=O)N2CCN(C(c3ccccc3)c3ccccc3)CC2)c1. The van der Waals surface area contributed by atoms with E-state index < -0.39 is 6.04 Å². The van der Waals surface area contributed by atoms with Crippen LogP contribution in [-0.4, -0.2) is 61.3 Å². The van der Waals surface area contributed by atoms with Crippen molar-refractivity contribution in [3.63, 3.8) is 0 Å². The van der Waals surface area contributed by atoms with E-state index >= 15 is 0 Å². The first kappa shape index (κ1) is 31.7. The Kier molecular flexibility index (Phi) is 8.80. The van der Waals surface area contributed by atoms with Gasteiger partial charge >= 0.3 is 0 Å². The minimum atomic E-state index is -0.444. The highest BCUT2D eigenvalue weighted by atomic mass is 16.5. The van der Waals surface area contributed by atoms with Crippen molar-refractivity contribution in [1.82, 2.24) is 9.80 Å². The number of ketones is 1. The molecule has 1 aliphatic carbocycles. The van der Waals surface area contributed by atoms with Crippen LogP contribution in [0.2, 0.25) is 0 Å². The first-order valence-corrected chi connectivity index (χ1v) is 17.0. The molecule has 1 fully saturated rings. The standard InChI is InChI=1S/C41H44N4O3/c1-41(2)26-34-38(36(46)27-41)40(31-17-12-18-32(25-31)48-3)45(35-20-11-10-19-33(35)42-34)28-37(47)43-21-23-44(24-22-43)39(29-13-6-4-7-14-29)30-15-8-5-9-16-30/h4-20,25,39-40,42H,21-24,26-28H2,1-3H3. The highest BCUT2D eigenvalue weighted by Crippen LogP contribution is 2.48. The van der Waals surface area contributed by atoms with E-state index in [-0.39, 0.29) is 29.7 Å². The number of allylic oxidation sites excluding steroid dienone is 1. The van der Waals surface area contributed by atoms with Crippen LogP contribution in [0.15, 0.2) is 120 Å². The number of carbonyl (C=O) groups is 2. The number of benzene rings is 4. The molecule has 4 aromatic carbocycles. The van der Waals surface area contributed by atoms with Crippen molar-refractivity contribution in [3.8, 4) is 5.75 Å². The Morgan fingerprint density at radius 2 is 1.48 bits per heavy atom. The molecule has 0 radical (unpaired) electrons. The van der Waals surface area contributed by atoms with Crippen LogP contribution in [0, 0.1) is 5.41 Å². The van der Waals surface area contributed by atoms with Crippen molar-refractivity contribution in [3.05, 3.63) is 137 Å². The maximum atomic E-state index is 14.4. The number of piperazine rings is 1. The number of para-hydroxylation sites is 2. The second-order valence-electron chi connectivity index (χ2n) is 13.9. The number of carbonyl (C=O) groups excluding carboxylic acids is 2. The van der Waals surface area contributed by atoms with Gasteiger partial charge in [0.1, 0.15) is 5.75 Å². The number of Topliss-reactive ketones (excluding diaryl/α,β-unsaturated/α-hetero) is 1. The van der Waals surface area contributed by atoms with Gasteiger partial charge in [0.05, 0.1) is 37.1 Å². The number of ether oxygens (including phenoxy) is 1. The number of methoxy groups -OCH3 is 1. The maximum Gasteiger partial charge on any atom is 0.242 e. The first-order chi connectivity index (χ1) is 23.3. The van der Waals surface area contributed by atoms with Crippen molar-refractivity contribution in [2.45, 2.75) is 38.8 Å². The zero-order valence-corrected chi connectivity index (χ0v) is 28.1. The van der Waals surface area contributed by atoms with Crippen molar-refractivity contribution >= 4 is 23.1 Å². The molecule has 4 aromatic rings. The van der Waals surface area contributed by atoms with Crippen LogP contribution in [0.1, 0.15) is 55.5 Å². The van der Waals surface area contributed by atoms with Crippen molar-refractivity contribution < 1.29 is 14.3 Å². The summed E-state index contributed by atoms with van der Waals surface area (Å²) in [6.07, 6.45) is 1.20. The Labute approximate surface area is 283 Å². The summed E-state index contributed by atoms with van der Waals surface area (Å²) in [6, 6.07) is 37.0. The average molecular weight is 641 g/mol. The highest BCUT2D eigenvalue weighted by Gasteiger charge is 2.42. The molecule has 48 heavy (non-hydrogen) atoms. The monoisotopic (exact) mass is 640 g/mol. The van der Waals surface area contributed by atoms with Crippen LogP contribution < -0.4 is 15.0 Å². The topological polar surface area (TPSA) is 65.1 Å². The van der Waals surface area contributed by atoms with Crippen molar-refractivity contribution in [2.75, 3.05) is 50.1 Å². The molecule has 7 heteroatoms. The fourth-order valence-electron chi connectivity index (χ4n) is 7.75. The minimum Gasteiger partial charge on any atom is -0.497 e. The van der Waals surface area contributed by atoms with E-state index in [4.69, 9.17) is 4.74 Å². The van der Waals surface area contributed by atoms with E-state index in [1.165, 1.54) is 11.1 Å². The van der Waals surface area contributed by atoms with Gasteiger partial charge in [0, 0.05) is 43.9 Å². The Morgan fingerprint density at radius 1 is 0.833 bits per heavy atom. The molecule has 2 heterocycles. The average Bonchev–Trinajstić information content (AvgIpc) is 3.23. The third-order valence-electron chi connectivity index (χ3n) is 9.98. The Morgan fingerprint density at radius 3 is 2.15 bits per heavy atom. The van der Waals surface area contributed by atoms with Gasteiger partial charge in [-0.1, -0.05) is 98.8 Å². The molecule has 1 saturated heterocycles. The smallest absolute Gasteiger partial charge is 0.242 e. The zero-order valence-electron chi connectivity index (χ0n) is 28.1. The van der Waals surface area contributed by atoms with Gasteiger partial charge in [0.2, 0.25) is 5.91 Å². The minimum absolute atomic E-state index is 0.0564. The molecular formula is C41H44N4O3. The molecule has 1 atom stereocenters. The molecule has 1 unspecified atom stereocenters. The molecule has 7 rings (SSSR count). The molecule has 2 aliphatic heterocycles. The maximum absolute atomic E-state index is 14.4. The van der Waals surface area contributed by atoms with Gasteiger partial charge < -0.3 is 19.9 Å². The third kappa shape index (κ3) is 6.35. The fourth-order valence-corrected chi connectivity index (χ4v) is 7.75. The molecule has 0 bridgehead atoms. The number of nitrogens with one attached hydrogen (secondary N) is 1. The van der Waals surface area contributed by atoms with Gasteiger partial charge in [-0.2, -0.15) is 0 Å². The van der Waals surface area contributed by atoms with Gasteiger partial charge in [0.15, 0.2) is 5.78 Å². The summed E-state index contributed by atoms with van der Waals surface area (Å²) >= 11 is 0. The van der Waals surface area contributed by atoms with Gasteiger partial charge in [0.25, 0.3) is 0 Å². The molecular weight excluding hydrogens is 596 g/mol. The van der Waals surface area contributed by atoms with Crippen LogP contribution >= 0.6 is 0 Å². The van der Waals surface area contributed by atoms with Gasteiger partial charge in [-0.25, -0.2) is 0 Å². The van der Waals surface area contributed by atoms with E-state index in [9.17, 15) is 9.59 Å². The number of fused-ring (bicyclic) bond motifs is 1. The largest absolute Gasteiger partial charge is 0.497 e. The molecule has 3 aliphatic rings. The molecule has 0 spiro atoms. The Balaban J connectivity index is 1.20. The summed E-state index contributed by atoms with van der Waals surface area (Å²) < 4.78 is 5.63. The lowest BCUT2D eigenvalue weighted by Crippen LogP contribution is -2.52. The Hall–Kier alpha value is -4.88. The second-order valence-corrected chi connectivity index (χ2v) is 13.9. The number of hydrogen-bond donors (Lipinski definition) is 1. The molecule has 1 amide bonds.